The molecule has 5 nitrogen and oxygen atoms in total. The zero-order valence-electron chi connectivity index (χ0n) is 10.3. The summed E-state index contributed by atoms with van der Waals surface area (Å²) in [6.45, 7) is 0. The van der Waals surface area contributed by atoms with Gasteiger partial charge in [-0.25, -0.2) is 0 Å². The first-order valence-electron chi connectivity index (χ1n) is 5.63. The Kier molecular flexibility index (Phi) is 3.52. The van der Waals surface area contributed by atoms with E-state index in [1.807, 2.05) is 0 Å². The number of nitriles is 3. The van der Waals surface area contributed by atoms with Gasteiger partial charge < -0.3 is 10.4 Å². The van der Waals surface area contributed by atoms with Crippen LogP contribution in [0.25, 0.3) is 10.8 Å². The molecule has 0 heterocycles. The zero-order valence-corrected chi connectivity index (χ0v) is 10.3. The van der Waals surface area contributed by atoms with Crippen LogP contribution in [0.5, 0.6) is 5.75 Å². The predicted molar refractivity (Wildman–Crippen MR) is 73.1 cm³/mol. The van der Waals surface area contributed by atoms with E-state index in [1.54, 1.807) is 48.5 Å². The Morgan fingerprint density at radius 2 is 1.55 bits per heavy atom. The summed E-state index contributed by atoms with van der Waals surface area (Å²) in [5, 5.41) is 40.5. The van der Waals surface area contributed by atoms with Gasteiger partial charge in [0.05, 0.1) is 0 Å². The quantitative estimate of drug-likeness (QED) is 0.638. The molecule has 0 radical (unpaired) electrons. The number of phenolic OH excluding ortho intramolecular Hbond substituents is 1. The van der Waals surface area contributed by atoms with E-state index in [0.717, 1.165) is 0 Å². The van der Waals surface area contributed by atoms with Crippen molar-refractivity contribution in [3.05, 3.63) is 47.7 Å². The maximum atomic E-state index is 9.78. The summed E-state index contributed by atoms with van der Waals surface area (Å²) in [7, 11) is 0. The lowest BCUT2D eigenvalue weighted by Crippen LogP contribution is -2.01. The summed E-state index contributed by atoms with van der Waals surface area (Å²) in [6.07, 6.45) is 0. The number of nitrogens with zero attached hydrogens (tertiary/aromatic N) is 3. The maximum absolute atomic E-state index is 9.78. The van der Waals surface area contributed by atoms with Gasteiger partial charge in [0.25, 0.3) is 0 Å². The summed E-state index contributed by atoms with van der Waals surface area (Å²) in [6, 6.07) is 15.3. The Hall–Kier alpha value is -3.49. The molecule has 0 bridgehead atoms. The number of allylic oxidation sites excluding steroid dienone is 2. The molecule has 2 aromatic rings. The predicted octanol–water partition coefficient (Wildman–Crippen LogP) is 2.78. The molecular weight excluding hydrogens is 252 g/mol. The van der Waals surface area contributed by atoms with Crippen molar-refractivity contribution >= 4 is 16.5 Å². The number of phenols is 1. The molecule has 0 saturated heterocycles. The van der Waals surface area contributed by atoms with E-state index >= 15 is 0 Å². The van der Waals surface area contributed by atoms with Crippen LogP contribution in [-0.2, 0) is 0 Å². The molecule has 0 aliphatic heterocycles. The van der Waals surface area contributed by atoms with Gasteiger partial charge in [0.15, 0.2) is 5.57 Å². The number of hydrogen-bond acceptors (Lipinski definition) is 5. The molecule has 0 aliphatic rings. The standard InChI is InChI=1S/C15H8N4O/c16-7-10(8-17)14(9-18)19-13-5-6-15(20)12-4-2-1-3-11(12)13/h1-6,19-20H. The van der Waals surface area contributed by atoms with Crippen molar-refractivity contribution in [2.45, 2.75) is 0 Å². The van der Waals surface area contributed by atoms with Gasteiger partial charge in [-0.3, -0.25) is 0 Å². The van der Waals surface area contributed by atoms with E-state index in [1.165, 1.54) is 6.07 Å². The first-order chi connectivity index (χ1) is 9.71. The third kappa shape index (κ3) is 2.22. The van der Waals surface area contributed by atoms with Crippen molar-refractivity contribution in [3.63, 3.8) is 0 Å². The highest BCUT2D eigenvalue weighted by Crippen LogP contribution is 2.31. The van der Waals surface area contributed by atoms with Gasteiger partial charge in [-0.05, 0) is 12.1 Å². The van der Waals surface area contributed by atoms with Crippen LogP contribution in [0.3, 0.4) is 0 Å². The molecule has 0 aliphatic carbocycles. The van der Waals surface area contributed by atoms with Gasteiger partial charge in [0.2, 0.25) is 0 Å². The molecule has 0 spiro atoms. The van der Waals surface area contributed by atoms with Crippen LogP contribution in [0, 0.1) is 34.0 Å². The second kappa shape index (κ2) is 5.44. The van der Waals surface area contributed by atoms with Crippen LogP contribution in [0.1, 0.15) is 0 Å². The molecule has 5 heteroatoms. The van der Waals surface area contributed by atoms with Crippen molar-refractivity contribution in [2.75, 3.05) is 5.32 Å². The van der Waals surface area contributed by atoms with Crippen molar-refractivity contribution < 1.29 is 5.11 Å². The average Bonchev–Trinajstić information content (AvgIpc) is 2.50. The van der Waals surface area contributed by atoms with Crippen LogP contribution in [0.15, 0.2) is 47.7 Å². The van der Waals surface area contributed by atoms with E-state index in [9.17, 15) is 5.11 Å². The highest BCUT2D eigenvalue weighted by atomic mass is 16.3. The van der Waals surface area contributed by atoms with Gasteiger partial charge >= 0.3 is 0 Å². The monoisotopic (exact) mass is 260 g/mol. The van der Waals surface area contributed by atoms with Gasteiger partial charge in [0.1, 0.15) is 29.7 Å². The van der Waals surface area contributed by atoms with E-state index in [2.05, 4.69) is 5.32 Å². The fraction of sp³-hybridized carbons (Fsp3) is 0. The minimum atomic E-state index is -0.287. The molecule has 2 aromatic carbocycles. The molecule has 2 N–H and O–H groups in total. The van der Waals surface area contributed by atoms with Crippen molar-refractivity contribution in [3.8, 4) is 24.0 Å². The summed E-state index contributed by atoms with van der Waals surface area (Å²) >= 11 is 0. The summed E-state index contributed by atoms with van der Waals surface area (Å²) in [5.74, 6) is 0.120. The molecule has 0 unspecified atom stereocenters. The van der Waals surface area contributed by atoms with E-state index in [-0.39, 0.29) is 17.0 Å². The summed E-state index contributed by atoms with van der Waals surface area (Å²) < 4.78 is 0. The highest BCUT2D eigenvalue weighted by Gasteiger charge is 2.09. The molecule has 2 rings (SSSR count). The second-order valence-corrected chi connectivity index (χ2v) is 3.89. The van der Waals surface area contributed by atoms with Crippen LogP contribution in [0.4, 0.5) is 5.69 Å². The molecule has 0 aromatic heterocycles. The topological polar surface area (TPSA) is 104 Å². The number of aromatic hydroxyl groups is 1. The van der Waals surface area contributed by atoms with Gasteiger partial charge in [-0.2, -0.15) is 15.8 Å². The fourth-order valence-corrected chi connectivity index (χ4v) is 1.81. The lowest BCUT2D eigenvalue weighted by molar-refractivity contribution is 0.481. The first-order valence-corrected chi connectivity index (χ1v) is 5.63. The Morgan fingerprint density at radius 3 is 2.15 bits per heavy atom. The number of rotatable bonds is 2. The molecule has 0 atom stereocenters. The minimum Gasteiger partial charge on any atom is -0.507 e. The Bertz CT molecular complexity index is 816. The first kappa shape index (κ1) is 13.0. The van der Waals surface area contributed by atoms with Crippen LogP contribution < -0.4 is 5.32 Å². The number of anilines is 1. The fourth-order valence-electron chi connectivity index (χ4n) is 1.81. The van der Waals surface area contributed by atoms with Crippen molar-refractivity contribution in [1.29, 1.82) is 15.8 Å². The average molecular weight is 260 g/mol. The maximum Gasteiger partial charge on any atom is 0.163 e. The highest BCUT2D eigenvalue weighted by molar-refractivity contribution is 5.98. The SMILES string of the molecule is N#CC(C#N)=C(C#N)Nc1ccc(O)c2ccccc12. The van der Waals surface area contributed by atoms with E-state index < -0.39 is 0 Å². The van der Waals surface area contributed by atoms with Crippen LogP contribution in [0.2, 0.25) is 0 Å². The molecule has 0 fully saturated rings. The number of benzene rings is 2. The van der Waals surface area contributed by atoms with Gasteiger partial charge in [-0.15, -0.1) is 0 Å². The molecule has 20 heavy (non-hydrogen) atoms. The minimum absolute atomic E-state index is 0.120. The molecule has 0 saturated carbocycles. The largest absolute Gasteiger partial charge is 0.507 e. The smallest absolute Gasteiger partial charge is 0.163 e. The van der Waals surface area contributed by atoms with Crippen molar-refractivity contribution in [1.82, 2.24) is 0 Å². The zero-order chi connectivity index (χ0) is 14.5. The lowest BCUT2D eigenvalue weighted by Gasteiger charge is -2.09. The third-order valence-electron chi connectivity index (χ3n) is 2.75. The van der Waals surface area contributed by atoms with Gasteiger partial charge in [0, 0.05) is 16.5 Å². The molecular formula is C15H8N4O. The number of nitrogens with one attached hydrogen (secondary N) is 1. The Morgan fingerprint density at radius 1 is 0.900 bits per heavy atom. The van der Waals surface area contributed by atoms with E-state index in [0.29, 0.717) is 16.5 Å². The molecule has 0 amide bonds. The van der Waals surface area contributed by atoms with Crippen LogP contribution in [-0.4, -0.2) is 5.11 Å². The normalized spacial score (nSPS) is 9.05. The van der Waals surface area contributed by atoms with Gasteiger partial charge in [-0.1, -0.05) is 24.3 Å². The lowest BCUT2D eigenvalue weighted by atomic mass is 10.1. The Balaban J connectivity index is 2.60. The number of hydrogen-bond donors (Lipinski definition) is 2. The van der Waals surface area contributed by atoms with E-state index in [4.69, 9.17) is 15.8 Å². The summed E-state index contributed by atoms with van der Waals surface area (Å²) in [4.78, 5) is 0. The number of fused-ring (bicyclic) bond motifs is 1. The van der Waals surface area contributed by atoms with Crippen LogP contribution >= 0.6 is 0 Å². The second-order valence-electron chi connectivity index (χ2n) is 3.89. The molecule has 94 valence electrons. The third-order valence-corrected chi connectivity index (χ3v) is 2.75. The van der Waals surface area contributed by atoms with Crippen molar-refractivity contribution in [2.24, 2.45) is 0 Å². The summed E-state index contributed by atoms with van der Waals surface area (Å²) in [5.41, 5.74) is 0.133. The Labute approximate surface area is 115 Å².